The van der Waals surface area contributed by atoms with E-state index in [0.717, 1.165) is 14.8 Å². The van der Waals surface area contributed by atoms with Gasteiger partial charge in [0.25, 0.3) is 5.91 Å². The Morgan fingerprint density at radius 3 is 2.60 bits per heavy atom. The number of aryl methyl sites for hydroxylation is 1. The fourth-order valence-electron chi connectivity index (χ4n) is 2.14. The number of nitrogens with one attached hydrogen (secondary N) is 1. The topological polar surface area (TPSA) is 34.0 Å². The summed E-state index contributed by atoms with van der Waals surface area (Å²) in [5.41, 5.74) is 2.57. The van der Waals surface area contributed by atoms with Crippen LogP contribution in [0.25, 0.3) is 10.9 Å². The minimum absolute atomic E-state index is 0.0880. The fraction of sp³-hybridized carbons (Fsp3) is 0.0625. The number of rotatable bonds is 2. The van der Waals surface area contributed by atoms with Gasteiger partial charge in [0.05, 0.1) is 0 Å². The Morgan fingerprint density at radius 2 is 1.85 bits per heavy atom. The molecule has 3 aromatic rings. The summed E-state index contributed by atoms with van der Waals surface area (Å²) in [6.07, 6.45) is 2.01. The summed E-state index contributed by atoms with van der Waals surface area (Å²) in [6.45, 7) is 0. The van der Waals surface area contributed by atoms with Crippen LogP contribution in [0.3, 0.4) is 0 Å². The second kappa shape index (κ2) is 5.28. The average Bonchev–Trinajstić information content (AvgIpc) is 2.81. The minimum atomic E-state index is -0.0880. The van der Waals surface area contributed by atoms with Gasteiger partial charge in [0, 0.05) is 33.6 Å². The molecule has 0 spiro atoms. The molecule has 0 unspecified atom stereocenters. The molecule has 1 heterocycles. The van der Waals surface area contributed by atoms with E-state index < -0.39 is 0 Å². The molecule has 0 fully saturated rings. The lowest BCUT2D eigenvalue weighted by atomic mass is 10.2. The Hall–Kier alpha value is -1.82. The van der Waals surface area contributed by atoms with Gasteiger partial charge in [0.15, 0.2) is 0 Å². The van der Waals surface area contributed by atoms with Crippen LogP contribution in [0.5, 0.6) is 0 Å². The van der Waals surface area contributed by atoms with Crippen LogP contribution in [0.4, 0.5) is 5.69 Å². The monoisotopic (exact) mass is 376 g/mol. The Balaban J connectivity index is 1.86. The number of anilines is 1. The molecular formula is C16H13IN2O. The van der Waals surface area contributed by atoms with Gasteiger partial charge in [-0.1, -0.05) is 6.07 Å². The molecule has 0 saturated heterocycles. The summed E-state index contributed by atoms with van der Waals surface area (Å²) in [4.78, 5) is 12.2. The standard InChI is InChI=1S/C16H13IN2O/c1-19-9-8-11-4-7-14(10-15(11)19)18-16(20)12-2-5-13(17)6-3-12/h2-10H,1H3,(H,18,20). The molecule has 1 aromatic heterocycles. The average molecular weight is 376 g/mol. The molecule has 0 bridgehead atoms. The van der Waals surface area contributed by atoms with Gasteiger partial charge in [-0.3, -0.25) is 4.79 Å². The summed E-state index contributed by atoms with van der Waals surface area (Å²) >= 11 is 2.22. The maximum Gasteiger partial charge on any atom is 0.255 e. The predicted molar refractivity (Wildman–Crippen MR) is 90.0 cm³/mol. The van der Waals surface area contributed by atoms with Gasteiger partial charge in [-0.15, -0.1) is 0 Å². The van der Waals surface area contributed by atoms with Crippen molar-refractivity contribution >= 4 is 45.1 Å². The van der Waals surface area contributed by atoms with Crippen molar-refractivity contribution in [1.29, 1.82) is 0 Å². The van der Waals surface area contributed by atoms with E-state index in [1.54, 1.807) is 0 Å². The van der Waals surface area contributed by atoms with Gasteiger partial charge >= 0.3 is 0 Å². The van der Waals surface area contributed by atoms with Crippen molar-refractivity contribution in [2.45, 2.75) is 0 Å². The van der Waals surface area contributed by atoms with Crippen LogP contribution in [-0.2, 0) is 7.05 Å². The molecule has 0 atom stereocenters. The Kier molecular flexibility index (Phi) is 3.48. The van der Waals surface area contributed by atoms with E-state index in [9.17, 15) is 4.79 Å². The lowest BCUT2D eigenvalue weighted by molar-refractivity contribution is 0.102. The number of carbonyl (C=O) groups is 1. The van der Waals surface area contributed by atoms with Crippen LogP contribution in [0.15, 0.2) is 54.7 Å². The van der Waals surface area contributed by atoms with Crippen LogP contribution in [0, 0.1) is 3.57 Å². The number of fused-ring (bicyclic) bond motifs is 1. The first-order chi connectivity index (χ1) is 9.63. The molecule has 3 nitrogen and oxygen atoms in total. The van der Waals surface area contributed by atoms with Crippen LogP contribution in [0.1, 0.15) is 10.4 Å². The number of carbonyl (C=O) groups excluding carboxylic acids is 1. The van der Waals surface area contributed by atoms with E-state index in [0.29, 0.717) is 5.56 Å². The first kappa shape index (κ1) is 13.2. The van der Waals surface area contributed by atoms with E-state index in [1.165, 1.54) is 5.39 Å². The SMILES string of the molecule is Cn1ccc2ccc(NC(=O)c3ccc(I)cc3)cc21. The molecular weight excluding hydrogens is 363 g/mol. The van der Waals surface area contributed by atoms with Crippen LogP contribution >= 0.6 is 22.6 Å². The normalized spacial score (nSPS) is 10.7. The van der Waals surface area contributed by atoms with Crippen molar-refractivity contribution in [2.75, 3.05) is 5.32 Å². The number of aromatic nitrogens is 1. The second-order valence-corrected chi connectivity index (χ2v) is 5.91. The van der Waals surface area contributed by atoms with E-state index in [2.05, 4.69) is 34.0 Å². The summed E-state index contributed by atoms with van der Waals surface area (Å²) in [6, 6.07) is 15.5. The molecule has 0 radical (unpaired) electrons. The number of nitrogens with zero attached hydrogens (tertiary/aromatic N) is 1. The van der Waals surface area contributed by atoms with Crippen LogP contribution < -0.4 is 5.32 Å². The third-order valence-corrected chi connectivity index (χ3v) is 3.97. The molecule has 1 amide bonds. The van der Waals surface area contributed by atoms with Gasteiger partial charge < -0.3 is 9.88 Å². The summed E-state index contributed by atoms with van der Waals surface area (Å²) in [7, 11) is 1.99. The van der Waals surface area contributed by atoms with Gasteiger partial charge in [-0.2, -0.15) is 0 Å². The third-order valence-electron chi connectivity index (χ3n) is 3.25. The maximum absolute atomic E-state index is 12.2. The molecule has 100 valence electrons. The van der Waals surface area contributed by atoms with Crippen molar-refractivity contribution in [2.24, 2.45) is 7.05 Å². The van der Waals surface area contributed by atoms with Gasteiger partial charge in [0.1, 0.15) is 0 Å². The molecule has 3 rings (SSSR count). The highest BCUT2D eigenvalue weighted by atomic mass is 127. The smallest absolute Gasteiger partial charge is 0.255 e. The predicted octanol–water partition coefficient (Wildman–Crippen LogP) is 4.04. The Bertz CT molecular complexity index is 775. The van der Waals surface area contributed by atoms with Crippen LogP contribution in [0.2, 0.25) is 0 Å². The Labute approximate surface area is 130 Å². The zero-order chi connectivity index (χ0) is 14.1. The molecule has 1 N–H and O–H groups in total. The third kappa shape index (κ3) is 2.56. The lowest BCUT2D eigenvalue weighted by Gasteiger charge is -2.06. The van der Waals surface area contributed by atoms with Gasteiger partial charge in [-0.25, -0.2) is 0 Å². The zero-order valence-electron chi connectivity index (χ0n) is 10.9. The van der Waals surface area contributed by atoms with E-state index in [-0.39, 0.29) is 5.91 Å². The number of halogens is 1. The quantitative estimate of drug-likeness (QED) is 0.674. The zero-order valence-corrected chi connectivity index (χ0v) is 13.1. The molecule has 0 aliphatic carbocycles. The van der Waals surface area contributed by atoms with E-state index >= 15 is 0 Å². The first-order valence-electron chi connectivity index (χ1n) is 6.25. The van der Waals surface area contributed by atoms with E-state index in [4.69, 9.17) is 0 Å². The lowest BCUT2D eigenvalue weighted by Crippen LogP contribution is -2.11. The number of benzene rings is 2. The van der Waals surface area contributed by atoms with Crippen LogP contribution in [-0.4, -0.2) is 10.5 Å². The second-order valence-electron chi connectivity index (χ2n) is 4.66. The number of hydrogen-bond donors (Lipinski definition) is 1. The molecule has 0 aliphatic heterocycles. The molecule has 20 heavy (non-hydrogen) atoms. The highest BCUT2D eigenvalue weighted by Gasteiger charge is 2.07. The molecule has 0 saturated carbocycles. The highest BCUT2D eigenvalue weighted by Crippen LogP contribution is 2.20. The number of amides is 1. The van der Waals surface area contributed by atoms with Crippen molar-refractivity contribution in [3.05, 3.63) is 63.9 Å². The molecule has 4 heteroatoms. The summed E-state index contributed by atoms with van der Waals surface area (Å²) in [5.74, 6) is -0.0880. The largest absolute Gasteiger partial charge is 0.350 e. The summed E-state index contributed by atoms with van der Waals surface area (Å²) < 4.78 is 3.15. The fourth-order valence-corrected chi connectivity index (χ4v) is 2.50. The van der Waals surface area contributed by atoms with Crippen molar-refractivity contribution in [3.63, 3.8) is 0 Å². The number of hydrogen-bond acceptors (Lipinski definition) is 1. The van der Waals surface area contributed by atoms with Gasteiger partial charge in [0.2, 0.25) is 0 Å². The Morgan fingerprint density at radius 1 is 1.10 bits per heavy atom. The molecule has 0 aliphatic rings. The minimum Gasteiger partial charge on any atom is -0.350 e. The summed E-state index contributed by atoms with van der Waals surface area (Å²) in [5, 5.41) is 4.10. The van der Waals surface area contributed by atoms with Crippen molar-refractivity contribution < 1.29 is 4.79 Å². The highest BCUT2D eigenvalue weighted by molar-refractivity contribution is 14.1. The van der Waals surface area contributed by atoms with E-state index in [1.807, 2.05) is 60.3 Å². The van der Waals surface area contributed by atoms with Crippen molar-refractivity contribution in [1.82, 2.24) is 4.57 Å². The van der Waals surface area contributed by atoms with Gasteiger partial charge in [-0.05, 0) is 70.4 Å². The van der Waals surface area contributed by atoms with Crippen molar-refractivity contribution in [3.8, 4) is 0 Å². The maximum atomic E-state index is 12.2. The molecule has 2 aromatic carbocycles. The first-order valence-corrected chi connectivity index (χ1v) is 7.33.